The van der Waals surface area contributed by atoms with Crippen LogP contribution >= 0.6 is 0 Å². The lowest BCUT2D eigenvalue weighted by Gasteiger charge is -2.32. The van der Waals surface area contributed by atoms with Gasteiger partial charge >= 0.3 is 0 Å². The second-order valence-corrected chi connectivity index (χ2v) is 5.00. The van der Waals surface area contributed by atoms with Gasteiger partial charge in [-0.2, -0.15) is 15.4 Å². The molecule has 1 fully saturated rings. The molecule has 0 atom stereocenters. The highest BCUT2D eigenvalue weighted by Crippen LogP contribution is 2.32. The Hall–Kier alpha value is -1.88. The predicted molar refractivity (Wildman–Crippen MR) is 76.4 cm³/mol. The first-order chi connectivity index (χ1) is 9.27. The van der Waals surface area contributed by atoms with E-state index in [9.17, 15) is 0 Å². The molecule has 100 valence electrons. The van der Waals surface area contributed by atoms with Crippen molar-refractivity contribution in [3.8, 4) is 11.3 Å². The van der Waals surface area contributed by atoms with Crippen LogP contribution in [0.25, 0.3) is 11.3 Å². The molecule has 0 amide bonds. The lowest BCUT2D eigenvalue weighted by Crippen LogP contribution is -2.44. The first kappa shape index (κ1) is 12.2. The van der Waals surface area contributed by atoms with Crippen molar-refractivity contribution in [2.75, 3.05) is 31.1 Å². The molecule has 1 aliphatic heterocycles. The summed E-state index contributed by atoms with van der Waals surface area (Å²) in [6.45, 7) is 8.57. The van der Waals surface area contributed by atoms with Crippen molar-refractivity contribution >= 4 is 5.69 Å². The molecule has 19 heavy (non-hydrogen) atoms. The molecule has 0 saturated carbocycles. The van der Waals surface area contributed by atoms with Crippen LogP contribution in [0.4, 0.5) is 5.69 Å². The lowest BCUT2D eigenvalue weighted by molar-refractivity contribution is 0.587. The number of hydrogen-bond acceptors (Lipinski definition) is 4. The number of nitrogens with one attached hydrogen (secondary N) is 2. The van der Waals surface area contributed by atoms with Gasteiger partial charge in [-0.05, 0) is 25.0 Å². The number of rotatable bonds is 2. The number of aromatic amines is 1. The number of piperazine rings is 1. The topological polar surface area (TPSA) is 56.8 Å². The summed E-state index contributed by atoms with van der Waals surface area (Å²) in [5, 5.41) is 14.2. The van der Waals surface area contributed by atoms with Crippen molar-refractivity contribution < 1.29 is 0 Å². The van der Waals surface area contributed by atoms with Crippen LogP contribution in [0.15, 0.2) is 18.3 Å². The molecule has 1 aromatic carbocycles. The summed E-state index contributed by atoms with van der Waals surface area (Å²) < 4.78 is 0. The van der Waals surface area contributed by atoms with Crippen LogP contribution < -0.4 is 10.2 Å². The third-order valence-electron chi connectivity index (χ3n) is 3.76. The zero-order valence-electron chi connectivity index (χ0n) is 11.4. The minimum absolute atomic E-state index is 0.911. The van der Waals surface area contributed by atoms with Gasteiger partial charge in [0.05, 0.1) is 6.20 Å². The van der Waals surface area contributed by atoms with Crippen molar-refractivity contribution in [1.29, 1.82) is 0 Å². The average molecular weight is 257 g/mol. The van der Waals surface area contributed by atoms with Gasteiger partial charge in [0.2, 0.25) is 0 Å². The SMILES string of the molecule is Cc1ccc(-c2cn[nH]n2)c(C)c1N1CCNCC1. The third kappa shape index (κ3) is 2.21. The zero-order chi connectivity index (χ0) is 13.2. The standard InChI is InChI=1S/C14H19N5/c1-10-3-4-12(13-9-16-18-17-13)11(2)14(10)19-7-5-15-6-8-19/h3-4,9,15H,5-8H2,1-2H3,(H,16,17,18). The van der Waals surface area contributed by atoms with E-state index in [2.05, 4.69) is 51.6 Å². The molecule has 0 spiro atoms. The number of H-pyrrole nitrogens is 1. The maximum absolute atomic E-state index is 4.20. The van der Waals surface area contributed by atoms with Crippen LogP contribution in [-0.4, -0.2) is 41.6 Å². The molecule has 3 rings (SSSR count). The molecule has 2 aromatic rings. The molecule has 0 radical (unpaired) electrons. The quantitative estimate of drug-likeness (QED) is 0.856. The van der Waals surface area contributed by atoms with E-state index in [1.807, 2.05) is 0 Å². The van der Waals surface area contributed by atoms with Gasteiger partial charge in [0, 0.05) is 37.4 Å². The number of benzene rings is 1. The number of nitrogens with zero attached hydrogens (tertiary/aromatic N) is 3. The Balaban J connectivity index is 2.05. The van der Waals surface area contributed by atoms with E-state index < -0.39 is 0 Å². The Morgan fingerprint density at radius 1 is 1.16 bits per heavy atom. The Morgan fingerprint density at radius 3 is 2.63 bits per heavy atom. The van der Waals surface area contributed by atoms with Crippen molar-refractivity contribution in [2.24, 2.45) is 0 Å². The maximum atomic E-state index is 4.20. The first-order valence-electron chi connectivity index (χ1n) is 6.69. The van der Waals surface area contributed by atoms with Crippen molar-refractivity contribution in [3.63, 3.8) is 0 Å². The lowest BCUT2D eigenvalue weighted by atomic mass is 9.99. The number of aryl methyl sites for hydroxylation is 1. The van der Waals surface area contributed by atoms with Crippen LogP contribution in [0.3, 0.4) is 0 Å². The van der Waals surface area contributed by atoms with Crippen molar-refractivity contribution in [2.45, 2.75) is 13.8 Å². The summed E-state index contributed by atoms with van der Waals surface area (Å²) in [4.78, 5) is 2.46. The number of aromatic nitrogens is 3. The molecule has 5 heteroatoms. The molecule has 2 heterocycles. The smallest absolute Gasteiger partial charge is 0.113 e. The van der Waals surface area contributed by atoms with Crippen molar-refractivity contribution in [3.05, 3.63) is 29.5 Å². The van der Waals surface area contributed by atoms with Crippen molar-refractivity contribution in [1.82, 2.24) is 20.7 Å². The van der Waals surface area contributed by atoms with Gasteiger partial charge in [-0.1, -0.05) is 12.1 Å². The second kappa shape index (κ2) is 5.01. The molecule has 1 saturated heterocycles. The minimum atomic E-state index is 0.911. The Morgan fingerprint density at radius 2 is 1.95 bits per heavy atom. The largest absolute Gasteiger partial charge is 0.369 e. The van der Waals surface area contributed by atoms with Gasteiger partial charge in [-0.15, -0.1) is 0 Å². The normalized spacial score (nSPS) is 15.8. The highest BCUT2D eigenvalue weighted by atomic mass is 15.3. The molecule has 0 bridgehead atoms. The molecule has 1 aliphatic rings. The Bertz CT molecular complexity index is 555. The predicted octanol–water partition coefficient (Wildman–Crippen LogP) is 1.50. The van der Waals surface area contributed by atoms with E-state index in [0.29, 0.717) is 0 Å². The molecule has 5 nitrogen and oxygen atoms in total. The number of anilines is 1. The van der Waals surface area contributed by atoms with E-state index in [1.54, 1.807) is 6.20 Å². The van der Waals surface area contributed by atoms with E-state index in [1.165, 1.54) is 16.8 Å². The summed E-state index contributed by atoms with van der Waals surface area (Å²) in [5.41, 5.74) is 6.03. The van der Waals surface area contributed by atoms with Gasteiger partial charge in [-0.25, -0.2) is 0 Å². The highest BCUT2D eigenvalue weighted by Gasteiger charge is 2.18. The molecule has 2 N–H and O–H groups in total. The summed E-state index contributed by atoms with van der Waals surface area (Å²) in [7, 11) is 0. The van der Waals surface area contributed by atoms with Gasteiger partial charge in [-0.3, -0.25) is 0 Å². The molecule has 0 unspecified atom stereocenters. The average Bonchev–Trinajstić information content (AvgIpc) is 2.94. The van der Waals surface area contributed by atoms with E-state index in [-0.39, 0.29) is 0 Å². The van der Waals surface area contributed by atoms with E-state index >= 15 is 0 Å². The van der Waals surface area contributed by atoms with Gasteiger partial charge < -0.3 is 10.2 Å². The van der Waals surface area contributed by atoms with E-state index in [4.69, 9.17) is 0 Å². The first-order valence-corrected chi connectivity index (χ1v) is 6.69. The van der Waals surface area contributed by atoms with Crippen LogP contribution in [0.2, 0.25) is 0 Å². The summed E-state index contributed by atoms with van der Waals surface area (Å²) in [5.74, 6) is 0. The minimum Gasteiger partial charge on any atom is -0.369 e. The molecular formula is C14H19N5. The fraction of sp³-hybridized carbons (Fsp3) is 0.429. The second-order valence-electron chi connectivity index (χ2n) is 5.00. The molecule has 1 aromatic heterocycles. The maximum Gasteiger partial charge on any atom is 0.113 e. The van der Waals surface area contributed by atoms with Gasteiger partial charge in [0.25, 0.3) is 0 Å². The fourth-order valence-electron chi connectivity index (χ4n) is 2.82. The number of hydrogen-bond donors (Lipinski definition) is 2. The third-order valence-corrected chi connectivity index (χ3v) is 3.76. The fourth-order valence-corrected chi connectivity index (χ4v) is 2.82. The van der Waals surface area contributed by atoms with Crippen LogP contribution in [-0.2, 0) is 0 Å². The highest BCUT2D eigenvalue weighted by molar-refractivity contribution is 5.74. The molecule has 0 aliphatic carbocycles. The van der Waals surface area contributed by atoms with E-state index in [0.717, 1.165) is 37.4 Å². The summed E-state index contributed by atoms with van der Waals surface area (Å²) >= 11 is 0. The molecular weight excluding hydrogens is 238 g/mol. The van der Waals surface area contributed by atoms with Gasteiger partial charge in [0.15, 0.2) is 0 Å². The van der Waals surface area contributed by atoms with Crippen LogP contribution in [0, 0.1) is 13.8 Å². The Labute approximate surface area is 113 Å². The summed E-state index contributed by atoms with van der Waals surface area (Å²) in [6.07, 6.45) is 1.78. The zero-order valence-corrected chi connectivity index (χ0v) is 11.4. The van der Waals surface area contributed by atoms with Crippen LogP contribution in [0.1, 0.15) is 11.1 Å². The summed E-state index contributed by atoms with van der Waals surface area (Å²) in [6, 6.07) is 4.31. The van der Waals surface area contributed by atoms with Crippen LogP contribution in [0.5, 0.6) is 0 Å². The monoisotopic (exact) mass is 257 g/mol. The Kier molecular flexibility index (Phi) is 3.21. The van der Waals surface area contributed by atoms with Gasteiger partial charge in [0.1, 0.15) is 5.69 Å².